The van der Waals surface area contributed by atoms with Crippen molar-refractivity contribution in [1.29, 1.82) is 0 Å². The molecule has 2 aromatic carbocycles. The zero-order chi connectivity index (χ0) is 11.5. The second kappa shape index (κ2) is 4.77. The van der Waals surface area contributed by atoms with Gasteiger partial charge >= 0.3 is 0 Å². The molecule has 0 unspecified atom stereocenters. The molecule has 0 amide bonds. The molecule has 0 bridgehead atoms. The number of nitrogens with one attached hydrogen (secondary N) is 1. The fourth-order valence-corrected chi connectivity index (χ4v) is 1.89. The predicted octanol–water partition coefficient (Wildman–Crippen LogP) is 5.05. The lowest BCUT2D eigenvalue weighted by Gasteiger charge is -2.10. The summed E-state index contributed by atoms with van der Waals surface area (Å²) in [5, 5.41) is 4.44. The highest BCUT2D eigenvalue weighted by atomic mass is 35.5. The van der Waals surface area contributed by atoms with Crippen molar-refractivity contribution in [2.24, 2.45) is 0 Å². The van der Waals surface area contributed by atoms with Crippen molar-refractivity contribution < 1.29 is 0 Å². The first-order chi connectivity index (χ1) is 7.66. The Morgan fingerprint density at radius 3 is 2.00 bits per heavy atom. The SMILES string of the molecule is Cc1ccc(Nc2c(Cl)cccc2Cl)cc1. The highest BCUT2D eigenvalue weighted by Gasteiger charge is 2.04. The van der Waals surface area contributed by atoms with E-state index in [1.807, 2.05) is 49.4 Å². The van der Waals surface area contributed by atoms with Crippen LogP contribution in [-0.2, 0) is 0 Å². The van der Waals surface area contributed by atoms with Gasteiger partial charge in [-0.15, -0.1) is 0 Å². The van der Waals surface area contributed by atoms with Gasteiger partial charge in [0.05, 0.1) is 15.7 Å². The van der Waals surface area contributed by atoms with Crippen LogP contribution in [0.4, 0.5) is 11.4 Å². The summed E-state index contributed by atoms with van der Waals surface area (Å²) in [6.45, 7) is 2.05. The van der Waals surface area contributed by atoms with Crippen LogP contribution >= 0.6 is 23.2 Å². The molecule has 0 aromatic heterocycles. The van der Waals surface area contributed by atoms with E-state index in [9.17, 15) is 0 Å². The van der Waals surface area contributed by atoms with Gasteiger partial charge < -0.3 is 5.32 Å². The molecule has 0 fully saturated rings. The van der Waals surface area contributed by atoms with E-state index < -0.39 is 0 Å². The minimum atomic E-state index is 0.619. The zero-order valence-electron chi connectivity index (χ0n) is 8.80. The maximum absolute atomic E-state index is 6.06. The van der Waals surface area contributed by atoms with Crippen molar-refractivity contribution in [2.75, 3.05) is 5.32 Å². The maximum Gasteiger partial charge on any atom is 0.0762 e. The van der Waals surface area contributed by atoms with Crippen molar-refractivity contribution in [3.05, 3.63) is 58.1 Å². The Labute approximate surface area is 105 Å². The van der Waals surface area contributed by atoms with Crippen molar-refractivity contribution in [3.8, 4) is 0 Å². The van der Waals surface area contributed by atoms with Crippen LogP contribution in [0.1, 0.15) is 5.56 Å². The van der Waals surface area contributed by atoms with Crippen LogP contribution in [-0.4, -0.2) is 0 Å². The molecule has 16 heavy (non-hydrogen) atoms. The molecule has 0 spiro atoms. The Kier molecular flexibility index (Phi) is 3.37. The summed E-state index contributed by atoms with van der Waals surface area (Å²) in [5.74, 6) is 0. The smallest absolute Gasteiger partial charge is 0.0762 e. The summed E-state index contributed by atoms with van der Waals surface area (Å²) in [4.78, 5) is 0. The monoisotopic (exact) mass is 251 g/mol. The van der Waals surface area contributed by atoms with Gasteiger partial charge in [-0.2, -0.15) is 0 Å². The molecule has 82 valence electrons. The summed E-state index contributed by atoms with van der Waals surface area (Å²) in [7, 11) is 0. The Bertz CT molecular complexity index is 472. The molecule has 0 radical (unpaired) electrons. The fourth-order valence-electron chi connectivity index (χ4n) is 1.40. The minimum absolute atomic E-state index is 0.619. The zero-order valence-corrected chi connectivity index (χ0v) is 10.3. The lowest BCUT2D eigenvalue weighted by Crippen LogP contribution is -1.92. The molecule has 0 aliphatic carbocycles. The molecular formula is C13H11Cl2N. The van der Waals surface area contributed by atoms with E-state index in [2.05, 4.69) is 5.32 Å². The molecule has 0 saturated carbocycles. The standard InChI is InChI=1S/C13H11Cl2N/c1-9-5-7-10(8-6-9)16-13-11(14)3-2-4-12(13)15/h2-8,16H,1H3. The Morgan fingerprint density at radius 2 is 1.44 bits per heavy atom. The quantitative estimate of drug-likeness (QED) is 0.788. The summed E-state index contributed by atoms with van der Waals surface area (Å²) >= 11 is 12.1. The molecule has 0 aliphatic heterocycles. The molecule has 2 rings (SSSR count). The molecule has 2 aromatic rings. The van der Waals surface area contributed by atoms with Gasteiger partial charge in [0, 0.05) is 5.69 Å². The second-order valence-corrected chi connectivity index (χ2v) is 4.40. The number of hydrogen-bond acceptors (Lipinski definition) is 1. The van der Waals surface area contributed by atoms with Gasteiger partial charge in [-0.05, 0) is 31.2 Å². The number of aryl methyl sites for hydroxylation is 1. The molecule has 0 saturated heterocycles. The highest BCUT2D eigenvalue weighted by molar-refractivity contribution is 6.39. The third-order valence-electron chi connectivity index (χ3n) is 2.28. The van der Waals surface area contributed by atoms with Gasteiger partial charge in [-0.3, -0.25) is 0 Å². The molecular weight excluding hydrogens is 241 g/mol. The number of halogens is 2. The number of para-hydroxylation sites is 1. The van der Waals surface area contributed by atoms with Gasteiger partial charge in [0.2, 0.25) is 0 Å². The number of anilines is 2. The normalized spacial score (nSPS) is 10.2. The third kappa shape index (κ3) is 2.49. The van der Waals surface area contributed by atoms with E-state index in [-0.39, 0.29) is 0 Å². The topological polar surface area (TPSA) is 12.0 Å². The lowest BCUT2D eigenvalue weighted by atomic mass is 10.2. The Hall–Kier alpha value is -1.18. The van der Waals surface area contributed by atoms with E-state index in [4.69, 9.17) is 23.2 Å². The average molecular weight is 252 g/mol. The fraction of sp³-hybridized carbons (Fsp3) is 0.0769. The second-order valence-electron chi connectivity index (χ2n) is 3.59. The van der Waals surface area contributed by atoms with Gasteiger partial charge in [-0.1, -0.05) is 47.0 Å². The van der Waals surface area contributed by atoms with Crippen LogP contribution < -0.4 is 5.32 Å². The first-order valence-electron chi connectivity index (χ1n) is 4.94. The summed E-state index contributed by atoms with van der Waals surface area (Å²) in [6.07, 6.45) is 0. The van der Waals surface area contributed by atoms with Crippen molar-refractivity contribution >= 4 is 34.6 Å². The third-order valence-corrected chi connectivity index (χ3v) is 2.91. The molecule has 1 N–H and O–H groups in total. The van der Waals surface area contributed by atoms with E-state index in [0.29, 0.717) is 10.0 Å². The van der Waals surface area contributed by atoms with Crippen LogP contribution in [0.2, 0.25) is 10.0 Å². The van der Waals surface area contributed by atoms with Crippen LogP contribution in [0.5, 0.6) is 0 Å². The summed E-state index contributed by atoms with van der Waals surface area (Å²) in [5.41, 5.74) is 2.94. The number of benzene rings is 2. The number of rotatable bonds is 2. The molecule has 0 aliphatic rings. The van der Waals surface area contributed by atoms with E-state index in [0.717, 1.165) is 11.4 Å². The van der Waals surface area contributed by atoms with E-state index in [1.54, 1.807) is 0 Å². The molecule has 0 heterocycles. The van der Waals surface area contributed by atoms with Crippen molar-refractivity contribution in [3.63, 3.8) is 0 Å². The van der Waals surface area contributed by atoms with Crippen LogP contribution in [0.3, 0.4) is 0 Å². The molecule has 3 heteroatoms. The molecule has 0 atom stereocenters. The van der Waals surface area contributed by atoms with Gasteiger partial charge in [-0.25, -0.2) is 0 Å². The van der Waals surface area contributed by atoms with E-state index in [1.165, 1.54) is 5.56 Å². The van der Waals surface area contributed by atoms with Crippen molar-refractivity contribution in [2.45, 2.75) is 6.92 Å². The average Bonchev–Trinajstić information content (AvgIpc) is 2.26. The predicted molar refractivity (Wildman–Crippen MR) is 70.9 cm³/mol. The van der Waals surface area contributed by atoms with Crippen LogP contribution in [0.15, 0.2) is 42.5 Å². The van der Waals surface area contributed by atoms with Crippen LogP contribution in [0.25, 0.3) is 0 Å². The minimum Gasteiger partial charge on any atom is -0.353 e. The summed E-state index contributed by atoms with van der Waals surface area (Å²) < 4.78 is 0. The number of hydrogen-bond donors (Lipinski definition) is 1. The van der Waals surface area contributed by atoms with E-state index >= 15 is 0 Å². The van der Waals surface area contributed by atoms with Crippen LogP contribution in [0, 0.1) is 6.92 Å². The first kappa shape index (κ1) is 11.3. The maximum atomic E-state index is 6.06. The lowest BCUT2D eigenvalue weighted by molar-refractivity contribution is 1.45. The van der Waals surface area contributed by atoms with Crippen molar-refractivity contribution in [1.82, 2.24) is 0 Å². The Balaban J connectivity index is 2.30. The van der Waals surface area contributed by atoms with Gasteiger partial charge in [0.1, 0.15) is 0 Å². The highest BCUT2D eigenvalue weighted by Crippen LogP contribution is 2.32. The van der Waals surface area contributed by atoms with Gasteiger partial charge in [0.25, 0.3) is 0 Å². The van der Waals surface area contributed by atoms with Gasteiger partial charge in [0.15, 0.2) is 0 Å². The Morgan fingerprint density at radius 1 is 0.875 bits per heavy atom. The largest absolute Gasteiger partial charge is 0.353 e. The summed E-state index contributed by atoms with van der Waals surface area (Å²) in [6, 6.07) is 13.5. The first-order valence-corrected chi connectivity index (χ1v) is 5.70. The molecule has 1 nitrogen and oxygen atoms in total.